The Morgan fingerprint density at radius 3 is 2.09 bits per heavy atom. The Kier molecular flexibility index (Phi) is 5.00. The smallest absolute Gasteiger partial charge is 0.254 e. The lowest BCUT2D eigenvalue weighted by atomic mass is 10.3. The molecular formula is C16H12Cl2N2O3. The third-order valence-corrected chi connectivity index (χ3v) is 3.61. The molecular weight excluding hydrogens is 339 g/mol. The average Bonchev–Trinajstić information content (AvgIpc) is 3.03. The number of hydrogen-bond acceptors (Lipinski definition) is 5. The number of hydrogen-bond donors (Lipinski definition) is 0. The summed E-state index contributed by atoms with van der Waals surface area (Å²) in [6.07, 6.45) is 0. The van der Waals surface area contributed by atoms with Crippen molar-refractivity contribution in [2.75, 3.05) is 0 Å². The molecule has 7 heteroatoms. The number of ether oxygens (including phenoxy) is 2. The number of benzene rings is 2. The second kappa shape index (κ2) is 7.35. The molecule has 5 nitrogen and oxygen atoms in total. The number of para-hydroxylation sites is 1. The zero-order valence-corrected chi connectivity index (χ0v) is 13.4. The van der Waals surface area contributed by atoms with E-state index in [0.717, 1.165) is 5.75 Å². The van der Waals surface area contributed by atoms with Crippen molar-refractivity contribution in [3.8, 4) is 11.5 Å². The number of aromatic nitrogens is 2. The molecule has 0 amide bonds. The maximum absolute atomic E-state index is 5.92. The number of nitrogens with zero attached hydrogens (tertiary/aromatic N) is 2. The zero-order chi connectivity index (χ0) is 16.1. The highest BCUT2D eigenvalue weighted by Gasteiger charge is 2.08. The van der Waals surface area contributed by atoms with Crippen LogP contribution in [-0.2, 0) is 13.2 Å². The summed E-state index contributed by atoms with van der Waals surface area (Å²) in [6, 6.07) is 14.4. The van der Waals surface area contributed by atoms with E-state index in [1.165, 1.54) is 0 Å². The van der Waals surface area contributed by atoms with Gasteiger partial charge < -0.3 is 13.9 Å². The zero-order valence-electron chi connectivity index (χ0n) is 11.9. The van der Waals surface area contributed by atoms with Crippen molar-refractivity contribution in [3.05, 3.63) is 70.4 Å². The van der Waals surface area contributed by atoms with E-state index in [1.807, 2.05) is 30.3 Å². The molecule has 0 N–H and O–H groups in total. The van der Waals surface area contributed by atoms with Crippen LogP contribution < -0.4 is 9.47 Å². The van der Waals surface area contributed by atoms with Gasteiger partial charge >= 0.3 is 0 Å². The first-order valence-electron chi connectivity index (χ1n) is 6.77. The fraction of sp³-hybridized carbons (Fsp3) is 0.125. The summed E-state index contributed by atoms with van der Waals surface area (Å²) in [7, 11) is 0. The summed E-state index contributed by atoms with van der Waals surface area (Å²) < 4.78 is 16.5. The quantitative estimate of drug-likeness (QED) is 0.653. The first kappa shape index (κ1) is 15.6. The van der Waals surface area contributed by atoms with Crippen LogP contribution in [0.15, 0.2) is 52.9 Å². The monoisotopic (exact) mass is 350 g/mol. The molecule has 0 unspecified atom stereocenters. The van der Waals surface area contributed by atoms with Crippen LogP contribution in [0.4, 0.5) is 0 Å². The van der Waals surface area contributed by atoms with Gasteiger partial charge in [0.05, 0.1) is 10.0 Å². The van der Waals surface area contributed by atoms with Crippen LogP contribution in [0, 0.1) is 0 Å². The largest absolute Gasteiger partial charge is 0.484 e. The van der Waals surface area contributed by atoms with Gasteiger partial charge in [-0.25, -0.2) is 0 Å². The molecule has 23 heavy (non-hydrogen) atoms. The SMILES string of the molecule is Clc1ccc(OCc2nnc(COc3ccccc3)o2)cc1Cl. The van der Waals surface area contributed by atoms with Gasteiger partial charge in [0.2, 0.25) is 0 Å². The van der Waals surface area contributed by atoms with Gasteiger partial charge in [-0.2, -0.15) is 0 Å². The van der Waals surface area contributed by atoms with Crippen LogP contribution in [0.25, 0.3) is 0 Å². The summed E-state index contributed by atoms with van der Waals surface area (Å²) in [5, 5.41) is 8.70. The average molecular weight is 351 g/mol. The van der Waals surface area contributed by atoms with Gasteiger partial charge in [0, 0.05) is 6.07 Å². The van der Waals surface area contributed by atoms with Gasteiger partial charge in [0.15, 0.2) is 13.2 Å². The Morgan fingerprint density at radius 2 is 1.43 bits per heavy atom. The summed E-state index contributed by atoms with van der Waals surface area (Å²) in [5.41, 5.74) is 0. The van der Waals surface area contributed by atoms with Crippen molar-refractivity contribution in [2.24, 2.45) is 0 Å². The van der Waals surface area contributed by atoms with E-state index in [4.69, 9.17) is 37.1 Å². The minimum absolute atomic E-state index is 0.135. The first-order chi connectivity index (χ1) is 11.2. The molecule has 2 aromatic carbocycles. The maximum Gasteiger partial charge on any atom is 0.254 e. The lowest BCUT2D eigenvalue weighted by Crippen LogP contribution is -1.96. The molecule has 118 valence electrons. The standard InChI is InChI=1S/C16H12Cl2N2O3/c17-13-7-6-12(8-14(13)18)22-10-16-20-19-15(23-16)9-21-11-4-2-1-3-5-11/h1-8H,9-10H2. The third-order valence-electron chi connectivity index (χ3n) is 2.87. The van der Waals surface area contributed by atoms with Crippen molar-refractivity contribution in [1.82, 2.24) is 10.2 Å². The molecule has 0 aliphatic rings. The highest BCUT2D eigenvalue weighted by atomic mass is 35.5. The van der Waals surface area contributed by atoms with Crippen molar-refractivity contribution < 1.29 is 13.9 Å². The Hall–Kier alpha value is -2.24. The molecule has 0 atom stereocenters. The molecule has 0 saturated carbocycles. The lowest BCUT2D eigenvalue weighted by molar-refractivity contribution is 0.232. The highest BCUT2D eigenvalue weighted by molar-refractivity contribution is 6.42. The molecule has 0 bridgehead atoms. The van der Waals surface area contributed by atoms with Gasteiger partial charge in [-0.05, 0) is 24.3 Å². The molecule has 3 aromatic rings. The van der Waals surface area contributed by atoms with Crippen molar-refractivity contribution in [2.45, 2.75) is 13.2 Å². The summed E-state index contributed by atoms with van der Waals surface area (Å²) >= 11 is 11.8. The van der Waals surface area contributed by atoms with Crippen LogP contribution in [0.1, 0.15) is 11.8 Å². The molecule has 1 aromatic heterocycles. The fourth-order valence-corrected chi connectivity index (χ4v) is 2.07. The van der Waals surface area contributed by atoms with Crippen molar-refractivity contribution in [3.63, 3.8) is 0 Å². The number of halogens is 2. The Morgan fingerprint density at radius 1 is 0.783 bits per heavy atom. The summed E-state index contributed by atoms with van der Waals surface area (Å²) in [4.78, 5) is 0. The van der Waals surface area contributed by atoms with E-state index in [0.29, 0.717) is 27.6 Å². The molecule has 3 rings (SSSR count). The van der Waals surface area contributed by atoms with Gasteiger partial charge in [-0.1, -0.05) is 41.4 Å². The summed E-state index contributed by atoms with van der Waals surface area (Å²) in [6.45, 7) is 0.333. The Labute approximate surface area is 142 Å². The fourth-order valence-electron chi connectivity index (χ4n) is 1.78. The maximum atomic E-state index is 5.92. The van der Waals surface area contributed by atoms with E-state index in [-0.39, 0.29) is 13.2 Å². The molecule has 1 heterocycles. The summed E-state index contributed by atoms with van der Waals surface area (Å²) in [5.74, 6) is 2.03. The molecule has 0 aliphatic carbocycles. The van der Waals surface area contributed by atoms with Gasteiger partial charge in [0.25, 0.3) is 11.8 Å². The Balaban J connectivity index is 1.53. The van der Waals surface area contributed by atoms with E-state index in [1.54, 1.807) is 18.2 Å². The van der Waals surface area contributed by atoms with Crippen LogP contribution in [0.5, 0.6) is 11.5 Å². The predicted octanol–water partition coefficient (Wildman–Crippen LogP) is 4.53. The first-order valence-corrected chi connectivity index (χ1v) is 7.53. The molecule has 0 fully saturated rings. The molecule has 0 aliphatic heterocycles. The van der Waals surface area contributed by atoms with Crippen LogP contribution in [-0.4, -0.2) is 10.2 Å². The van der Waals surface area contributed by atoms with Gasteiger partial charge in [0.1, 0.15) is 11.5 Å². The van der Waals surface area contributed by atoms with E-state index in [9.17, 15) is 0 Å². The predicted molar refractivity (Wildman–Crippen MR) is 85.9 cm³/mol. The number of rotatable bonds is 6. The lowest BCUT2D eigenvalue weighted by Gasteiger charge is -2.04. The molecule has 0 saturated heterocycles. The van der Waals surface area contributed by atoms with Crippen molar-refractivity contribution in [1.29, 1.82) is 0 Å². The van der Waals surface area contributed by atoms with Gasteiger partial charge in [-0.15, -0.1) is 10.2 Å². The van der Waals surface area contributed by atoms with Crippen molar-refractivity contribution >= 4 is 23.2 Å². The van der Waals surface area contributed by atoms with E-state index >= 15 is 0 Å². The normalized spacial score (nSPS) is 10.5. The molecule has 0 spiro atoms. The third kappa shape index (κ3) is 4.37. The molecule has 0 radical (unpaired) electrons. The van der Waals surface area contributed by atoms with Crippen LogP contribution >= 0.6 is 23.2 Å². The van der Waals surface area contributed by atoms with E-state index < -0.39 is 0 Å². The minimum atomic E-state index is 0.135. The second-order valence-electron chi connectivity index (χ2n) is 4.56. The van der Waals surface area contributed by atoms with Crippen LogP contribution in [0.3, 0.4) is 0 Å². The van der Waals surface area contributed by atoms with Gasteiger partial charge in [-0.3, -0.25) is 0 Å². The topological polar surface area (TPSA) is 57.4 Å². The second-order valence-corrected chi connectivity index (χ2v) is 5.37. The minimum Gasteiger partial charge on any atom is -0.484 e. The Bertz CT molecular complexity index is 778. The van der Waals surface area contributed by atoms with E-state index in [2.05, 4.69) is 10.2 Å². The highest BCUT2D eigenvalue weighted by Crippen LogP contribution is 2.26. The van der Waals surface area contributed by atoms with Crippen LogP contribution in [0.2, 0.25) is 10.0 Å².